The molecule has 1 aromatic carbocycles. The Balaban J connectivity index is 2.59. The second-order valence-electron chi connectivity index (χ2n) is 3.49. The van der Waals surface area contributed by atoms with Gasteiger partial charge in [-0.2, -0.15) is 0 Å². The highest BCUT2D eigenvalue weighted by Crippen LogP contribution is 2.19. The lowest BCUT2D eigenvalue weighted by molar-refractivity contribution is -0.138. The number of benzene rings is 1. The molecule has 1 rings (SSSR count). The highest BCUT2D eigenvalue weighted by molar-refractivity contribution is 5.73. The van der Waals surface area contributed by atoms with Crippen LogP contribution >= 0.6 is 0 Å². The van der Waals surface area contributed by atoms with Crippen molar-refractivity contribution in [1.29, 1.82) is 0 Å². The van der Waals surface area contributed by atoms with Gasteiger partial charge in [-0.15, -0.1) is 0 Å². The summed E-state index contributed by atoms with van der Waals surface area (Å²) in [6.07, 6.45) is 0.472. The maximum atomic E-state index is 10.5. The number of aliphatic carboxylic acids is 1. The molecule has 1 aromatic rings. The number of nitrogens with two attached hydrogens (primary N) is 1. The molecule has 3 nitrogen and oxygen atoms in total. The fourth-order valence-corrected chi connectivity index (χ4v) is 1.40. The Morgan fingerprint density at radius 2 is 2.00 bits per heavy atom. The lowest BCUT2D eigenvalue weighted by atomic mass is 9.94. The average Bonchev–Trinajstić information content (AvgIpc) is 2.19. The van der Waals surface area contributed by atoms with Crippen molar-refractivity contribution in [3.8, 4) is 0 Å². The van der Waals surface area contributed by atoms with E-state index in [-0.39, 0.29) is 5.92 Å². The minimum atomic E-state index is -0.937. The molecule has 0 fully saturated rings. The third-order valence-corrected chi connectivity index (χ3v) is 2.29. The lowest BCUT2D eigenvalue weighted by Crippen LogP contribution is -2.31. The van der Waals surface area contributed by atoms with Gasteiger partial charge in [0.05, 0.1) is 0 Å². The van der Waals surface area contributed by atoms with Gasteiger partial charge in [-0.05, 0) is 17.9 Å². The van der Waals surface area contributed by atoms with Crippen LogP contribution in [0.2, 0.25) is 0 Å². The van der Waals surface area contributed by atoms with Crippen molar-refractivity contribution in [2.24, 2.45) is 5.73 Å². The summed E-state index contributed by atoms with van der Waals surface area (Å²) in [6, 6.07) is 9.02. The standard InChI is InChI=1S/C11H15NO2/c1-8(7-10(12)11(13)14)9-5-3-2-4-6-9/h2-6,8,10H,7,12H2,1H3,(H,13,14)/t8?,10-/m1/s1. The van der Waals surface area contributed by atoms with Gasteiger partial charge in [-0.25, -0.2) is 0 Å². The summed E-state index contributed by atoms with van der Waals surface area (Å²) in [5, 5.41) is 8.65. The summed E-state index contributed by atoms with van der Waals surface area (Å²) in [6.45, 7) is 1.98. The quantitative estimate of drug-likeness (QED) is 0.763. The summed E-state index contributed by atoms with van der Waals surface area (Å²) in [5.41, 5.74) is 6.58. The molecule has 3 N–H and O–H groups in total. The van der Waals surface area contributed by atoms with Gasteiger partial charge in [0, 0.05) is 0 Å². The van der Waals surface area contributed by atoms with Crippen LogP contribution in [0.4, 0.5) is 0 Å². The molecule has 0 bridgehead atoms. The fraction of sp³-hybridized carbons (Fsp3) is 0.364. The third kappa shape index (κ3) is 2.85. The van der Waals surface area contributed by atoms with Crippen LogP contribution in [0.1, 0.15) is 24.8 Å². The zero-order valence-corrected chi connectivity index (χ0v) is 8.18. The first-order chi connectivity index (χ1) is 6.61. The molecular formula is C11H15NO2. The maximum absolute atomic E-state index is 10.5. The van der Waals surface area contributed by atoms with Crippen molar-refractivity contribution in [2.45, 2.75) is 25.3 Å². The molecule has 3 heteroatoms. The Bertz CT molecular complexity index is 297. The normalized spacial score (nSPS) is 14.7. The minimum Gasteiger partial charge on any atom is -0.480 e. The van der Waals surface area contributed by atoms with Crippen molar-refractivity contribution in [3.05, 3.63) is 35.9 Å². The summed E-state index contributed by atoms with van der Waals surface area (Å²) in [4.78, 5) is 10.5. The first-order valence-corrected chi connectivity index (χ1v) is 4.64. The lowest BCUT2D eigenvalue weighted by Gasteiger charge is -2.14. The molecule has 0 aliphatic carbocycles. The van der Waals surface area contributed by atoms with E-state index >= 15 is 0 Å². The Morgan fingerprint density at radius 3 is 2.50 bits per heavy atom. The number of hydrogen-bond acceptors (Lipinski definition) is 2. The summed E-state index contributed by atoms with van der Waals surface area (Å²) in [5.74, 6) is -0.755. The first-order valence-electron chi connectivity index (χ1n) is 4.64. The van der Waals surface area contributed by atoms with E-state index in [0.717, 1.165) is 5.56 Å². The van der Waals surface area contributed by atoms with E-state index in [2.05, 4.69) is 0 Å². The Hall–Kier alpha value is -1.35. The van der Waals surface area contributed by atoms with Crippen LogP contribution < -0.4 is 5.73 Å². The molecule has 14 heavy (non-hydrogen) atoms. The van der Waals surface area contributed by atoms with Crippen LogP contribution in [0, 0.1) is 0 Å². The van der Waals surface area contributed by atoms with Crippen molar-refractivity contribution in [1.82, 2.24) is 0 Å². The van der Waals surface area contributed by atoms with E-state index in [1.807, 2.05) is 37.3 Å². The molecule has 0 aliphatic heterocycles. The van der Waals surface area contributed by atoms with Gasteiger partial charge in [0.1, 0.15) is 6.04 Å². The summed E-state index contributed by atoms with van der Waals surface area (Å²) < 4.78 is 0. The SMILES string of the molecule is CC(C[C@@H](N)C(=O)O)c1ccccc1. The maximum Gasteiger partial charge on any atom is 0.320 e. The first kappa shape index (κ1) is 10.7. The van der Waals surface area contributed by atoms with E-state index in [9.17, 15) is 4.79 Å². The van der Waals surface area contributed by atoms with Crippen LogP contribution in [0.25, 0.3) is 0 Å². The average molecular weight is 193 g/mol. The molecule has 0 saturated heterocycles. The Morgan fingerprint density at radius 1 is 1.43 bits per heavy atom. The molecule has 1 unspecified atom stereocenters. The minimum absolute atomic E-state index is 0.183. The number of carboxylic acids is 1. The van der Waals surface area contributed by atoms with Gasteiger partial charge in [-0.3, -0.25) is 4.79 Å². The summed E-state index contributed by atoms with van der Waals surface area (Å²) in [7, 11) is 0. The third-order valence-electron chi connectivity index (χ3n) is 2.29. The van der Waals surface area contributed by atoms with Crippen molar-refractivity contribution < 1.29 is 9.90 Å². The molecule has 76 valence electrons. The van der Waals surface area contributed by atoms with Crippen LogP contribution in [0.5, 0.6) is 0 Å². The van der Waals surface area contributed by atoms with Gasteiger partial charge in [0.15, 0.2) is 0 Å². The van der Waals surface area contributed by atoms with Crippen molar-refractivity contribution in [3.63, 3.8) is 0 Å². The molecule has 2 atom stereocenters. The molecule has 0 aromatic heterocycles. The number of carboxylic acid groups (broad SMARTS) is 1. The van der Waals surface area contributed by atoms with Gasteiger partial charge in [0.25, 0.3) is 0 Å². The molecule has 0 amide bonds. The largest absolute Gasteiger partial charge is 0.480 e. The van der Waals surface area contributed by atoms with Crippen molar-refractivity contribution >= 4 is 5.97 Å². The molecule has 0 spiro atoms. The van der Waals surface area contributed by atoms with Gasteiger partial charge in [-0.1, -0.05) is 37.3 Å². The number of rotatable bonds is 4. The predicted octanol–water partition coefficient (Wildman–Crippen LogP) is 1.59. The highest BCUT2D eigenvalue weighted by Gasteiger charge is 2.16. The zero-order chi connectivity index (χ0) is 10.6. The van der Waals surface area contributed by atoms with Crippen LogP contribution in [-0.4, -0.2) is 17.1 Å². The van der Waals surface area contributed by atoms with Gasteiger partial charge in [0.2, 0.25) is 0 Å². The van der Waals surface area contributed by atoms with E-state index in [0.29, 0.717) is 6.42 Å². The fourth-order valence-electron chi connectivity index (χ4n) is 1.40. The molecule has 0 radical (unpaired) electrons. The van der Waals surface area contributed by atoms with E-state index in [4.69, 9.17) is 10.8 Å². The predicted molar refractivity (Wildman–Crippen MR) is 55.1 cm³/mol. The van der Waals surface area contributed by atoms with Crippen LogP contribution in [-0.2, 0) is 4.79 Å². The molecule has 0 aliphatic rings. The van der Waals surface area contributed by atoms with Crippen LogP contribution in [0.3, 0.4) is 0 Å². The van der Waals surface area contributed by atoms with E-state index < -0.39 is 12.0 Å². The Labute approximate surface area is 83.6 Å². The Kier molecular flexibility index (Phi) is 3.65. The number of hydrogen-bond donors (Lipinski definition) is 2. The molecular weight excluding hydrogens is 178 g/mol. The van der Waals surface area contributed by atoms with E-state index in [1.165, 1.54) is 0 Å². The topological polar surface area (TPSA) is 63.3 Å². The smallest absolute Gasteiger partial charge is 0.320 e. The second-order valence-corrected chi connectivity index (χ2v) is 3.49. The van der Waals surface area contributed by atoms with Gasteiger partial charge < -0.3 is 10.8 Å². The zero-order valence-electron chi connectivity index (χ0n) is 8.18. The molecule has 0 heterocycles. The molecule has 0 saturated carbocycles. The monoisotopic (exact) mass is 193 g/mol. The van der Waals surface area contributed by atoms with Crippen LogP contribution in [0.15, 0.2) is 30.3 Å². The second kappa shape index (κ2) is 4.77. The van der Waals surface area contributed by atoms with Gasteiger partial charge >= 0.3 is 5.97 Å². The van der Waals surface area contributed by atoms with Crippen molar-refractivity contribution in [2.75, 3.05) is 0 Å². The van der Waals surface area contributed by atoms with E-state index in [1.54, 1.807) is 0 Å². The number of carbonyl (C=O) groups is 1. The highest BCUT2D eigenvalue weighted by atomic mass is 16.4. The summed E-state index contributed by atoms with van der Waals surface area (Å²) >= 11 is 0.